The Labute approximate surface area is 113 Å². The Balaban J connectivity index is 2.03. The van der Waals surface area contributed by atoms with Gasteiger partial charge in [0.1, 0.15) is 0 Å². The second-order valence-corrected chi connectivity index (χ2v) is 5.79. The van der Waals surface area contributed by atoms with E-state index in [-0.39, 0.29) is 0 Å². The summed E-state index contributed by atoms with van der Waals surface area (Å²) in [6.07, 6.45) is 0. The molecule has 17 heavy (non-hydrogen) atoms. The molecule has 0 aliphatic carbocycles. The van der Waals surface area contributed by atoms with Gasteiger partial charge in [0.15, 0.2) is 16.6 Å². The normalized spacial score (nSPS) is 10.5. The lowest BCUT2D eigenvalue weighted by molar-refractivity contribution is 0.344. The Bertz CT molecular complexity index is 497. The predicted molar refractivity (Wildman–Crippen MR) is 74.4 cm³/mol. The van der Waals surface area contributed by atoms with Gasteiger partial charge in [-0.25, -0.2) is 0 Å². The van der Waals surface area contributed by atoms with Crippen molar-refractivity contribution >= 4 is 45.3 Å². The first-order valence-electron chi connectivity index (χ1n) is 5.06. The molecular weight excluding hydrogens is 278 g/mol. The second-order valence-electron chi connectivity index (χ2n) is 3.22. The van der Waals surface area contributed by atoms with Crippen LogP contribution in [0.4, 0.5) is 10.8 Å². The number of nitrogens with zero attached hydrogens (tertiary/aromatic N) is 1. The minimum atomic E-state index is 0.434. The summed E-state index contributed by atoms with van der Waals surface area (Å²) < 4.78 is 10.3. The van der Waals surface area contributed by atoms with Crippen molar-refractivity contribution in [2.24, 2.45) is 0 Å². The van der Waals surface area contributed by atoms with Crippen LogP contribution in [0, 0.1) is 0 Å². The van der Waals surface area contributed by atoms with Crippen molar-refractivity contribution in [3.05, 3.63) is 21.3 Å². The van der Waals surface area contributed by atoms with Gasteiger partial charge in [-0.15, -0.1) is 11.3 Å². The molecule has 0 aromatic carbocycles. The number of anilines is 2. The van der Waals surface area contributed by atoms with Crippen LogP contribution in [-0.2, 0) is 6.54 Å². The van der Waals surface area contributed by atoms with Gasteiger partial charge in [-0.1, -0.05) is 11.6 Å². The quantitative estimate of drug-likeness (QED) is 0.885. The summed E-state index contributed by atoms with van der Waals surface area (Å²) >= 11 is 8.71. The molecule has 2 heterocycles. The molecule has 2 aromatic rings. The molecule has 4 nitrogen and oxygen atoms in total. The third-order valence-electron chi connectivity index (χ3n) is 2.01. The zero-order chi connectivity index (χ0) is 12.3. The molecule has 92 valence electrons. The predicted octanol–water partition coefficient (Wildman–Crippen LogP) is 3.45. The first kappa shape index (κ1) is 12.5. The lowest BCUT2D eigenvalue weighted by Crippen LogP contribution is -2.00. The lowest BCUT2D eigenvalue weighted by atomic mass is 10.4. The number of nitrogen functional groups attached to an aromatic ring is 1. The Morgan fingerprint density at radius 3 is 3.00 bits per heavy atom. The third kappa shape index (κ3) is 3.02. The van der Waals surface area contributed by atoms with E-state index in [1.807, 2.05) is 19.1 Å². The number of hydrogen-bond donors (Lipinski definition) is 2. The number of aromatic nitrogens is 1. The Morgan fingerprint density at radius 1 is 1.53 bits per heavy atom. The van der Waals surface area contributed by atoms with E-state index in [1.165, 1.54) is 11.5 Å². The number of thiophene rings is 1. The van der Waals surface area contributed by atoms with Crippen LogP contribution < -0.4 is 15.8 Å². The van der Waals surface area contributed by atoms with E-state index in [1.54, 1.807) is 11.3 Å². The van der Waals surface area contributed by atoms with Crippen molar-refractivity contribution in [3.63, 3.8) is 0 Å². The molecule has 2 rings (SSSR count). The standard InChI is InChI=1S/C10H12ClN3OS2/c1-2-15-8-9(12)14-17-10(8)13-5-6-3-4-7(11)16-6/h3-4,13H,2,5H2,1H3,(H2,12,14). The topological polar surface area (TPSA) is 60.2 Å². The fourth-order valence-corrected chi connectivity index (χ4v) is 2.99. The first-order chi connectivity index (χ1) is 8.20. The lowest BCUT2D eigenvalue weighted by Gasteiger charge is -2.06. The van der Waals surface area contributed by atoms with Crippen LogP contribution >= 0.6 is 34.5 Å². The van der Waals surface area contributed by atoms with Crippen molar-refractivity contribution in [1.82, 2.24) is 4.37 Å². The molecule has 0 aliphatic rings. The van der Waals surface area contributed by atoms with Crippen molar-refractivity contribution in [2.45, 2.75) is 13.5 Å². The van der Waals surface area contributed by atoms with Crippen molar-refractivity contribution < 1.29 is 4.74 Å². The van der Waals surface area contributed by atoms with E-state index >= 15 is 0 Å². The highest BCUT2D eigenvalue weighted by Gasteiger charge is 2.12. The van der Waals surface area contributed by atoms with Gasteiger partial charge in [0.05, 0.1) is 17.5 Å². The smallest absolute Gasteiger partial charge is 0.197 e. The summed E-state index contributed by atoms with van der Waals surface area (Å²) in [5, 5.41) is 4.11. The molecule has 0 spiro atoms. The first-order valence-corrected chi connectivity index (χ1v) is 7.03. The third-order valence-corrected chi connectivity index (χ3v) is 4.05. The molecule has 0 fully saturated rings. The number of rotatable bonds is 5. The van der Waals surface area contributed by atoms with Crippen LogP contribution in [0.25, 0.3) is 0 Å². The van der Waals surface area contributed by atoms with E-state index in [9.17, 15) is 0 Å². The highest BCUT2D eigenvalue weighted by atomic mass is 35.5. The van der Waals surface area contributed by atoms with Crippen LogP contribution in [0.5, 0.6) is 5.75 Å². The molecule has 0 bridgehead atoms. The fourth-order valence-electron chi connectivity index (χ4n) is 1.30. The summed E-state index contributed by atoms with van der Waals surface area (Å²) in [6.45, 7) is 3.18. The van der Waals surface area contributed by atoms with Crippen molar-refractivity contribution in [3.8, 4) is 5.75 Å². The summed E-state index contributed by atoms with van der Waals surface area (Å²) in [5.41, 5.74) is 5.72. The van der Waals surface area contributed by atoms with Crippen molar-refractivity contribution in [1.29, 1.82) is 0 Å². The number of halogens is 1. The van der Waals surface area contributed by atoms with Crippen LogP contribution in [0.2, 0.25) is 4.34 Å². The molecule has 3 N–H and O–H groups in total. The van der Waals surface area contributed by atoms with Gasteiger partial charge in [-0.05, 0) is 30.6 Å². The van der Waals surface area contributed by atoms with Gasteiger partial charge in [0, 0.05) is 4.88 Å². The minimum absolute atomic E-state index is 0.434. The SMILES string of the molecule is CCOc1c(N)nsc1NCc1ccc(Cl)s1. The molecule has 0 unspecified atom stereocenters. The Kier molecular flexibility index (Phi) is 4.09. The monoisotopic (exact) mass is 289 g/mol. The summed E-state index contributed by atoms with van der Waals surface area (Å²) in [5.74, 6) is 1.07. The van der Waals surface area contributed by atoms with E-state index in [0.717, 1.165) is 14.2 Å². The summed E-state index contributed by atoms with van der Waals surface area (Å²) in [7, 11) is 0. The van der Waals surface area contributed by atoms with Crippen molar-refractivity contribution in [2.75, 3.05) is 17.7 Å². The van der Waals surface area contributed by atoms with Gasteiger partial charge >= 0.3 is 0 Å². The van der Waals surface area contributed by atoms with E-state index in [0.29, 0.717) is 24.7 Å². The molecule has 2 aromatic heterocycles. The van der Waals surface area contributed by atoms with E-state index in [2.05, 4.69) is 9.69 Å². The van der Waals surface area contributed by atoms with E-state index < -0.39 is 0 Å². The van der Waals surface area contributed by atoms with Gasteiger partial charge in [-0.2, -0.15) is 4.37 Å². The zero-order valence-corrected chi connectivity index (χ0v) is 11.6. The van der Waals surface area contributed by atoms with Crippen LogP contribution in [0.1, 0.15) is 11.8 Å². The number of ether oxygens (including phenoxy) is 1. The molecule has 0 amide bonds. The van der Waals surface area contributed by atoms with Crippen LogP contribution in [0.15, 0.2) is 12.1 Å². The maximum Gasteiger partial charge on any atom is 0.197 e. The van der Waals surface area contributed by atoms with Gasteiger partial charge < -0.3 is 15.8 Å². The Hall–Kier alpha value is -0.980. The second kappa shape index (κ2) is 5.57. The van der Waals surface area contributed by atoms with Gasteiger partial charge in [0.2, 0.25) is 0 Å². The van der Waals surface area contributed by atoms with E-state index in [4.69, 9.17) is 22.1 Å². The molecule has 0 radical (unpaired) electrons. The average molecular weight is 290 g/mol. The number of hydrogen-bond acceptors (Lipinski definition) is 6. The molecular formula is C10H12ClN3OS2. The number of nitrogens with one attached hydrogen (secondary N) is 1. The molecule has 0 saturated heterocycles. The largest absolute Gasteiger partial charge is 0.487 e. The summed E-state index contributed by atoms with van der Waals surface area (Å²) in [6, 6.07) is 3.87. The highest BCUT2D eigenvalue weighted by Crippen LogP contribution is 2.35. The minimum Gasteiger partial charge on any atom is -0.487 e. The molecule has 7 heteroatoms. The zero-order valence-electron chi connectivity index (χ0n) is 9.20. The summed E-state index contributed by atoms with van der Waals surface area (Å²) in [4.78, 5) is 1.16. The maximum atomic E-state index is 5.86. The highest BCUT2D eigenvalue weighted by molar-refractivity contribution is 7.16. The van der Waals surface area contributed by atoms with Crippen LogP contribution in [-0.4, -0.2) is 11.0 Å². The number of nitrogens with two attached hydrogens (primary N) is 1. The molecule has 0 atom stereocenters. The fraction of sp³-hybridized carbons (Fsp3) is 0.300. The van der Waals surface area contributed by atoms with Gasteiger partial charge in [-0.3, -0.25) is 0 Å². The average Bonchev–Trinajstić information content (AvgIpc) is 2.86. The van der Waals surface area contributed by atoms with Gasteiger partial charge in [0.25, 0.3) is 0 Å². The Morgan fingerprint density at radius 2 is 2.35 bits per heavy atom. The molecule has 0 saturated carbocycles. The molecule has 0 aliphatic heterocycles. The maximum absolute atomic E-state index is 5.86. The van der Waals surface area contributed by atoms with Crippen LogP contribution in [0.3, 0.4) is 0 Å².